The fraction of sp³-hybridized carbons (Fsp3) is 0.538. The molecule has 2 aliphatic heterocycles. The summed E-state index contributed by atoms with van der Waals surface area (Å²) < 4.78 is 21.1. The molecule has 35 heavy (non-hydrogen) atoms. The number of aryl methyl sites for hydroxylation is 1. The minimum Gasteiger partial charge on any atom is -0.508 e. The highest BCUT2D eigenvalue weighted by atomic mass is 19.1. The number of phenols is 1. The molecule has 2 fully saturated rings. The van der Waals surface area contributed by atoms with E-state index < -0.39 is 6.17 Å². The van der Waals surface area contributed by atoms with Gasteiger partial charge in [0.15, 0.2) is 0 Å². The van der Waals surface area contributed by atoms with E-state index in [2.05, 4.69) is 26.1 Å². The second-order valence-corrected chi connectivity index (χ2v) is 9.61. The second-order valence-electron chi connectivity index (χ2n) is 9.61. The van der Waals surface area contributed by atoms with Crippen molar-refractivity contribution in [2.24, 2.45) is 5.92 Å². The van der Waals surface area contributed by atoms with Gasteiger partial charge in [-0.2, -0.15) is 0 Å². The van der Waals surface area contributed by atoms with E-state index in [0.717, 1.165) is 54.0 Å². The van der Waals surface area contributed by atoms with Gasteiger partial charge in [0.1, 0.15) is 17.7 Å². The van der Waals surface area contributed by atoms with Crippen molar-refractivity contribution in [2.45, 2.75) is 63.7 Å². The minimum atomic E-state index is -1.06. The van der Waals surface area contributed by atoms with Crippen LogP contribution in [0.3, 0.4) is 0 Å². The Hall–Kier alpha value is -2.75. The van der Waals surface area contributed by atoms with Gasteiger partial charge >= 0.3 is 5.97 Å². The highest BCUT2D eigenvalue weighted by Crippen LogP contribution is 2.45. The zero-order valence-corrected chi connectivity index (χ0v) is 20.2. The Morgan fingerprint density at radius 2 is 2.11 bits per heavy atom. The molecule has 1 aromatic heterocycles. The van der Waals surface area contributed by atoms with Crippen LogP contribution in [-0.4, -0.2) is 53.0 Å². The summed E-state index contributed by atoms with van der Waals surface area (Å²) in [7, 11) is 0. The molecule has 0 bridgehead atoms. The van der Waals surface area contributed by atoms with E-state index in [0.29, 0.717) is 25.1 Å². The number of aromatic hydroxyl groups is 1. The summed E-state index contributed by atoms with van der Waals surface area (Å²) in [6, 6.07) is 4.80. The number of carbonyl (C=O) groups excluding carboxylic acids is 1. The molecule has 5 rings (SSSR count). The number of imidazole rings is 1. The molecule has 1 aliphatic carbocycles. The number of aromatic amines is 1. The van der Waals surface area contributed by atoms with Crippen LogP contribution >= 0.6 is 0 Å². The molecule has 0 spiro atoms. The third-order valence-corrected chi connectivity index (χ3v) is 7.70. The van der Waals surface area contributed by atoms with Gasteiger partial charge in [-0.05, 0) is 68.0 Å². The summed E-state index contributed by atoms with van der Waals surface area (Å²) in [5.41, 5.74) is 10.9. The quantitative estimate of drug-likeness (QED) is 0.402. The van der Waals surface area contributed by atoms with Crippen molar-refractivity contribution in [2.75, 3.05) is 19.7 Å². The number of esters is 1. The van der Waals surface area contributed by atoms with Gasteiger partial charge in [0, 0.05) is 18.4 Å². The van der Waals surface area contributed by atoms with Gasteiger partial charge in [0.2, 0.25) is 0 Å². The van der Waals surface area contributed by atoms with Gasteiger partial charge in [0.25, 0.3) is 0 Å². The summed E-state index contributed by atoms with van der Waals surface area (Å²) in [5.74, 6) is 0.511. The fourth-order valence-electron chi connectivity index (χ4n) is 5.95. The number of benzene rings is 1. The average Bonchev–Trinajstić information content (AvgIpc) is 3.52. The van der Waals surface area contributed by atoms with E-state index in [9.17, 15) is 9.90 Å². The van der Waals surface area contributed by atoms with Crippen LogP contribution in [0.15, 0.2) is 30.0 Å². The van der Waals surface area contributed by atoms with E-state index in [1.807, 2.05) is 13.0 Å². The lowest BCUT2D eigenvalue weighted by Gasteiger charge is -2.36. The number of halogens is 1. The van der Waals surface area contributed by atoms with Crippen LogP contribution in [0.2, 0.25) is 0 Å². The first-order valence-electron chi connectivity index (χ1n) is 12.6. The number of H-pyrrole nitrogens is 1. The van der Waals surface area contributed by atoms with Crippen LogP contribution in [0.5, 0.6) is 5.75 Å². The summed E-state index contributed by atoms with van der Waals surface area (Å²) in [6.45, 7) is 5.42. The number of nitrogens with zero attached hydrogens (tertiary/aromatic N) is 1. The fourth-order valence-corrected chi connectivity index (χ4v) is 5.95. The van der Waals surface area contributed by atoms with Crippen molar-refractivity contribution in [3.05, 3.63) is 52.6 Å². The number of fused-ring (bicyclic) bond motifs is 1. The number of nitrogens with one attached hydrogen (secondary N) is 4. The van der Waals surface area contributed by atoms with Gasteiger partial charge in [-0.3, -0.25) is 5.43 Å². The molecule has 2 aromatic rings. The Bertz CT molecular complexity index is 1120. The van der Waals surface area contributed by atoms with Crippen LogP contribution in [0.4, 0.5) is 4.39 Å². The number of hydrogen-bond donors (Lipinski definition) is 5. The maximum atomic E-state index is 15.8. The summed E-state index contributed by atoms with van der Waals surface area (Å²) in [4.78, 5) is 20.5. The molecule has 1 saturated carbocycles. The molecule has 5 atom stereocenters. The molecule has 1 saturated heterocycles. The molecule has 0 radical (unpaired) electrons. The minimum absolute atomic E-state index is 0.0500. The largest absolute Gasteiger partial charge is 0.508 e. The third-order valence-electron chi connectivity index (χ3n) is 7.70. The highest BCUT2D eigenvalue weighted by molar-refractivity contribution is 5.98. The lowest BCUT2D eigenvalue weighted by atomic mass is 9.71. The van der Waals surface area contributed by atoms with Crippen molar-refractivity contribution in [3.63, 3.8) is 0 Å². The first-order valence-corrected chi connectivity index (χ1v) is 12.6. The predicted molar refractivity (Wildman–Crippen MR) is 130 cm³/mol. The smallest absolute Gasteiger partial charge is 0.335 e. The number of aromatic nitrogens is 2. The Balaban J connectivity index is 1.35. The predicted octanol–water partition coefficient (Wildman–Crippen LogP) is 3.04. The maximum Gasteiger partial charge on any atom is 0.335 e. The Morgan fingerprint density at radius 1 is 1.26 bits per heavy atom. The number of ether oxygens (including phenoxy) is 1. The zero-order chi connectivity index (χ0) is 24.5. The van der Waals surface area contributed by atoms with Crippen molar-refractivity contribution < 1.29 is 19.0 Å². The molecule has 8 nitrogen and oxygen atoms in total. The van der Waals surface area contributed by atoms with Crippen LogP contribution in [0.1, 0.15) is 67.7 Å². The van der Waals surface area contributed by atoms with Gasteiger partial charge in [0.05, 0.1) is 36.2 Å². The molecular formula is C26H34FN5O3. The van der Waals surface area contributed by atoms with Crippen molar-refractivity contribution in [3.8, 4) is 5.75 Å². The van der Waals surface area contributed by atoms with Crippen LogP contribution in [-0.2, 0) is 16.0 Å². The molecule has 188 valence electrons. The molecule has 5 unspecified atom stereocenters. The van der Waals surface area contributed by atoms with Crippen molar-refractivity contribution >= 4 is 11.5 Å². The number of carbonyl (C=O) groups is 1. The van der Waals surface area contributed by atoms with E-state index in [1.165, 1.54) is 0 Å². The Morgan fingerprint density at radius 3 is 2.91 bits per heavy atom. The van der Waals surface area contributed by atoms with E-state index >= 15 is 4.39 Å². The third kappa shape index (κ3) is 4.48. The highest BCUT2D eigenvalue weighted by Gasteiger charge is 2.48. The summed E-state index contributed by atoms with van der Waals surface area (Å²) >= 11 is 0. The van der Waals surface area contributed by atoms with Crippen LogP contribution in [0.25, 0.3) is 5.57 Å². The van der Waals surface area contributed by atoms with Crippen LogP contribution in [0, 0.1) is 5.92 Å². The van der Waals surface area contributed by atoms with E-state index in [-0.39, 0.29) is 35.6 Å². The lowest BCUT2D eigenvalue weighted by molar-refractivity contribution is -0.138. The molecule has 0 amide bonds. The maximum absolute atomic E-state index is 15.8. The van der Waals surface area contributed by atoms with E-state index in [4.69, 9.17) is 4.74 Å². The lowest BCUT2D eigenvalue weighted by Crippen LogP contribution is -2.45. The number of rotatable bonds is 6. The molecule has 5 N–H and O–H groups in total. The monoisotopic (exact) mass is 483 g/mol. The Labute approximate surface area is 204 Å². The topological polar surface area (TPSA) is 111 Å². The van der Waals surface area contributed by atoms with Gasteiger partial charge < -0.3 is 20.1 Å². The van der Waals surface area contributed by atoms with Crippen molar-refractivity contribution in [1.82, 2.24) is 26.1 Å². The normalized spacial score (nSPS) is 28.7. The van der Waals surface area contributed by atoms with E-state index in [1.54, 1.807) is 25.3 Å². The first kappa shape index (κ1) is 24.0. The number of phenolic OH excluding ortho intramolecular Hbond substituents is 1. The SMILES string of the molecule is CCOC(=O)C1=C(c2cnc(C3NNC4C(F)C(c5ccc(O)cc5CC)CCC34)[nH]2)CCNC1. The van der Waals surface area contributed by atoms with Gasteiger partial charge in [-0.25, -0.2) is 19.6 Å². The molecular weight excluding hydrogens is 449 g/mol. The van der Waals surface area contributed by atoms with Crippen LogP contribution < -0.4 is 16.2 Å². The zero-order valence-electron chi connectivity index (χ0n) is 20.2. The molecule has 3 aliphatic rings. The summed E-state index contributed by atoms with van der Waals surface area (Å²) in [5, 5.41) is 13.1. The Kier molecular flexibility index (Phi) is 6.91. The number of alkyl halides is 1. The van der Waals surface area contributed by atoms with Gasteiger partial charge in [-0.1, -0.05) is 13.0 Å². The first-order chi connectivity index (χ1) is 17.0. The number of hydrazine groups is 1. The summed E-state index contributed by atoms with van der Waals surface area (Å²) in [6.07, 6.45) is 3.76. The molecule has 1 aromatic carbocycles. The second kappa shape index (κ2) is 10.1. The molecule has 3 heterocycles. The average molecular weight is 484 g/mol. The number of hydrogen-bond acceptors (Lipinski definition) is 7. The molecule has 9 heteroatoms. The standard InChI is InChI=1S/C26H34FN5O3/c1-3-14-11-15(33)5-6-16(14)18-7-8-19-23(22(18)27)31-32-24(19)25-29-13-21(30-25)17-9-10-28-12-20(17)26(34)35-4-2/h5-6,11,13,18-19,22-24,28,31-33H,3-4,7-10,12H2,1-2H3,(H,29,30). The van der Waals surface area contributed by atoms with Gasteiger partial charge in [-0.15, -0.1) is 0 Å². The van der Waals surface area contributed by atoms with Crippen molar-refractivity contribution in [1.29, 1.82) is 0 Å².